The Morgan fingerprint density at radius 1 is 1.07 bits per heavy atom. The Kier molecular flexibility index (Phi) is 8.48. The van der Waals surface area contributed by atoms with Crippen molar-refractivity contribution >= 4 is 35.4 Å². The third-order valence-electron chi connectivity index (χ3n) is 10.4. The van der Waals surface area contributed by atoms with Crippen LogP contribution in [0.25, 0.3) is 0 Å². The zero-order valence-electron chi connectivity index (χ0n) is 23.4. The predicted octanol–water partition coefficient (Wildman–Crippen LogP) is 1.16. The van der Waals surface area contributed by atoms with Gasteiger partial charge < -0.3 is 30.5 Å². The Morgan fingerprint density at radius 3 is 2.44 bits per heavy atom. The summed E-state index contributed by atoms with van der Waals surface area (Å²) in [5, 5.41) is 43.0. The number of aliphatic hydroxyl groups excluding tert-OH is 1. The van der Waals surface area contributed by atoms with Gasteiger partial charge in [-0.1, -0.05) is 19.4 Å². The lowest BCUT2D eigenvalue weighted by Gasteiger charge is -2.60. The lowest BCUT2D eigenvalue weighted by molar-refractivity contribution is -0.184. The van der Waals surface area contributed by atoms with Gasteiger partial charge in [-0.15, -0.1) is 0 Å². The van der Waals surface area contributed by atoms with E-state index in [9.17, 15) is 39.0 Å². The number of hydrogen-bond acceptors (Lipinski definition) is 9. The summed E-state index contributed by atoms with van der Waals surface area (Å²) in [6.45, 7) is 3.23. The number of carboxylic acids is 2. The standard InChI is InChI=1S/C29H39NO11/c1-27-9-7-16(31)11-15(27)3-4-17-18-8-10-29(40,28(18,2)13-20(32)25(17)27)21(33)14-41-24(37)6-5-22(34)30-19(26(38)39)12-23(35)36/h11,17-20,25,32,40H,3-10,12-14H2,1-2H3,(H,30,34)(H,35,36)(H,38,39)/t17-,18+,19-,20+,25+,27+,28+,29+/m1/s1. The highest BCUT2D eigenvalue weighted by Gasteiger charge is 2.68. The van der Waals surface area contributed by atoms with Crippen molar-refractivity contribution in [2.75, 3.05) is 6.61 Å². The Hall–Kier alpha value is -3.12. The molecule has 3 saturated carbocycles. The van der Waals surface area contributed by atoms with Gasteiger partial charge in [0, 0.05) is 18.3 Å². The van der Waals surface area contributed by atoms with Crippen molar-refractivity contribution in [2.24, 2.45) is 28.6 Å². The predicted molar refractivity (Wildman–Crippen MR) is 140 cm³/mol. The van der Waals surface area contributed by atoms with Gasteiger partial charge in [0.05, 0.1) is 18.9 Å². The lowest BCUT2D eigenvalue weighted by atomic mass is 9.45. The lowest BCUT2D eigenvalue weighted by Crippen LogP contribution is -2.62. The van der Waals surface area contributed by atoms with Gasteiger partial charge in [0.2, 0.25) is 11.7 Å². The number of fused-ring (bicyclic) bond motifs is 5. The molecule has 12 heteroatoms. The fourth-order valence-electron chi connectivity index (χ4n) is 8.34. The van der Waals surface area contributed by atoms with Crippen LogP contribution in [-0.2, 0) is 33.5 Å². The summed E-state index contributed by atoms with van der Waals surface area (Å²) in [5.41, 5.74) is -1.97. The first kappa shape index (κ1) is 30.8. The smallest absolute Gasteiger partial charge is 0.326 e. The summed E-state index contributed by atoms with van der Waals surface area (Å²) in [4.78, 5) is 71.5. The number of ether oxygens (including phenoxy) is 1. The molecular weight excluding hydrogens is 538 g/mol. The number of hydrogen-bond donors (Lipinski definition) is 5. The number of ketones is 2. The zero-order chi connectivity index (χ0) is 30.3. The van der Waals surface area contributed by atoms with Crippen molar-refractivity contribution in [1.82, 2.24) is 5.32 Å². The molecule has 1 amide bonds. The molecule has 0 bridgehead atoms. The fraction of sp³-hybridized carbons (Fsp3) is 0.724. The number of aliphatic hydroxyl groups is 2. The van der Waals surface area contributed by atoms with Crippen LogP contribution in [-0.4, -0.2) is 80.2 Å². The molecule has 0 heterocycles. The van der Waals surface area contributed by atoms with E-state index in [0.717, 1.165) is 18.4 Å². The van der Waals surface area contributed by atoms with E-state index in [0.29, 0.717) is 19.3 Å². The number of nitrogens with one attached hydrogen (secondary N) is 1. The second-order valence-corrected chi connectivity index (χ2v) is 12.6. The highest BCUT2D eigenvalue weighted by Crippen LogP contribution is 2.67. The average molecular weight is 578 g/mol. The largest absolute Gasteiger partial charge is 0.481 e. The van der Waals surface area contributed by atoms with Crippen LogP contribution in [0, 0.1) is 28.6 Å². The molecule has 3 fully saturated rings. The van der Waals surface area contributed by atoms with Gasteiger partial charge >= 0.3 is 17.9 Å². The van der Waals surface area contributed by atoms with Crippen LogP contribution in [0.5, 0.6) is 0 Å². The Bertz CT molecular complexity index is 1180. The summed E-state index contributed by atoms with van der Waals surface area (Å²) in [7, 11) is 0. The summed E-state index contributed by atoms with van der Waals surface area (Å²) in [6.07, 6.45) is 2.74. The molecule has 12 nitrogen and oxygen atoms in total. The van der Waals surface area contributed by atoms with E-state index < -0.39 is 78.6 Å². The Labute approximate surface area is 237 Å². The van der Waals surface area contributed by atoms with Crippen molar-refractivity contribution in [3.63, 3.8) is 0 Å². The minimum atomic E-state index is -1.81. The number of Topliss-reactive ketones (excluding diaryl/α,β-unsaturated/α-hetero) is 1. The second-order valence-electron chi connectivity index (χ2n) is 12.6. The van der Waals surface area contributed by atoms with E-state index in [-0.39, 0.29) is 41.8 Å². The quantitative estimate of drug-likeness (QED) is 0.233. The van der Waals surface area contributed by atoms with Crippen molar-refractivity contribution in [3.05, 3.63) is 11.6 Å². The highest BCUT2D eigenvalue weighted by molar-refractivity contribution is 5.92. The van der Waals surface area contributed by atoms with Crippen LogP contribution in [0.4, 0.5) is 0 Å². The maximum absolute atomic E-state index is 13.3. The van der Waals surface area contributed by atoms with Crippen molar-refractivity contribution in [2.45, 2.75) is 95.8 Å². The van der Waals surface area contributed by atoms with Gasteiger partial charge in [-0.25, -0.2) is 4.79 Å². The van der Waals surface area contributed by atoms with E-state index >= 15 is 0 Å². The molecule has 4 rings (SSSR count). The normalized spacial score (nSPS) is 36.6. The molecule has 8 atom stereocenters. The minimum absolute atomic E-state index is 0.0340. The molecule has 4 aliphatic rings. The monoisotopic (exact) mass is 577 g/mol. The maximum atomic E-state index is 13.3. The number of carbonyl (C=O) groups excluding carboxylic acids is 4. The zero-order valence-corrected chi connectivity index (χ0v) is 23.4. The molecule has 4 aliphatic carbocycles. The van der Waals surface area contributed by atoms with Crippen LogP contribution in [0.3, 0.4) is 0 Å². The summed E-state index contributed by atoms with van der Waals surface area (Å²) in [6, 6.07) is -1.65. The molecule has 0 saturated heterocycles. The molecule has 0 unspecified atom stereocenters. The van der Waals surface area contributed by atoms with Crippen LogP contribution in [0.1, 0.15) is 78.1 Å². The minimum Gasteiger partial charge on any atom is -0.481 e. The fourth-order valence-corrected chi connectivity index (χ4v) is 8.34. The summed E-state index contributed by atoms with van der Waals surface area (Å²) >= 11 is 0. The van der Waals surface area contributed by atoms with E-state index in [1.807, 2.05) is 12.2 Å². The van der Waals surface area contributed by atoms with E-state index in [4.69, 9.17) is 14.9 Å². The number of rotatable bonds is 10. The average Bonchev–Trinajstić information content (AvgIpc) is 3.16. The highest BCUT2D eigenvalue weighted by atomic mass is 16.5. The summed E-state index contributed by atoms with van der Waals surface area (Å²) < 4.78 is 5.06. The molecule has 0 aromatic rings. The third kappa shape index (κ3) is 5.55. The van der Waals surface area contributed by atoms with Crippen molar-refractivity contribution in [3.8, 4) is 0 Å². The Morgan fingerprint density at radius 2 is 1.78 bits per heavy atom. The van der Waals surface area contributed by atoms with Gasteiger partial charge in [0.15, 0.2) is 12.4 Å². The first-order valence-corrected chi connectivity index (χ1v) is 14.2. The number of aliphatic carboxylic acids is 2. The SMILES string of the molecule is C[C@]12CCC(=O)C=C1CC[C@H]1[C@H]2[C@@H](O)C[C@@]2(C)[C@H]1CC[C@]2(O)C(=O)COC(=O)CCC(=O)N[C@H](CC(=O)O)C(=O)O. The molecule has 226 valence electrons. The first-order valence-electron chi connectivity index (χ1n) is 14.2. The topological polar surface area (TPSA) is 205 Å². The molecule has 0 aliphatic heterocycles. The number of esters is 1. The number of allylic oxidation sites excluding steroid dienone is 1. The van der Waals surface area contributed by atoms with Gasteiger partial charge in [-0.05, 0) is 67.8 Å². The van der Waals surface area contributed by atoms with E-state index in [1.165, 1.54) is 0 Å². The van der Waals surface area contributed by atoms with Gasteiger partial charge in [0.1, 0.15) is 11.6 Å². The van der Waals surface area contributed by atoms with Crippen molar-refractivity contribution < 1.29 is 53.9 Å². The number of carbonyl (C=O) groups is 6. The number of carboxylic acid groups (broad SMARTS) is 2. The molecule has 0 aromatic heterocycles. The van der Waals surface area contributed by atoms with E-state index in [1.54, 1.807) is 6.08 Å². The number of amides is 1. The van der Waals surface area contributed by atoms with Crippen LogP contribution in [0.2, 0.25) is 0 Å². The van der Waals surface area contributed by atoms with Crippen molar-refractivity contribution in [1.29, 1.82) is 0 Å². The molecule has 5 N–H and O–H groups in total. The van der Waals surface area contributed by atoms with Crippen LogP contribution >= 0.6 is 0 Å². The second kappa shape index (κ2) is 11.3. The van der Waals surface area contributed by atoms with Gasteiger partial charge in [-0.3, -0.25) is 24.0 Å². The first-order chi connectivity index (χ1) is 19.1. The van der Waals surface area contributed by atoms with Gasteiger partial charge in [0.25, 0.3) is 0 Å². The molecule has 0 aromatic carbocycles. The van der Waals surface area contributed by atoms with E-state index in [2.05, 4.69) is 6.92 Å². The molecule has 0 radical (unpaired) electrons. The molecular formula is C29H39NO11. The molecule has 0 spiro atoms. The maximum Gasteiger partial charge on any atom is 0.326 e. The Balaban J connectivity index is 1.36. The van der Waals surface area contributed by atoms with Crippen LogP contribution in [0.15, 0.2) is 11.6 Å². The third-order valence-corrected chi connectivity index (χ3v) is 10.4. The summed E-state index contributed by atoms with van der Waals surface area (Å²) in [5.74, 6) is -5.32. The van der Waals surface area contributed by atoms with Crippen LogP contribution < -0.4 is 5.32 Å². The van der Waals surface area contributed by atoms with Gasteiger partial charge in [-0.2, -0.15) is 0 Å². The molecule has 41 heavy (non-hydrogen) atoms.